The minimum atomic E-state index is -3.57. The van der Waals surface area contributed by atoms with Gasteiger partial charge in [-0.2, -0.15) is 0 Å². The van der Waals surface area contributed by atoms with E-state index in [4.69, 9.17) is 5.73 Å². The Kier molecular flexibility index (Phi) is 5.73. The van der Waals surface area contributed by atoms with Gasteiger partial charge in [0.25, 0.3) is 0 Å². The summed E-state index contributed by atoms with van der Waals surface area (Å²) in [5.74, 6) is 0. The number of nitrogens with one attached hydrogen (secondary N) is 1. The summed E-state index contributed by atoms with van der Waals surface area (Å²) in [5.41, 5.74) is 8.69. The SMILES string of the molecule is Cl.Nc1ccc2c(c1)CCCC2NS(=O)(=O)c1ccccc1Br. The Balaban J connectivity index is 0.00000192. The van der Waals surface area contributed by atoms with Crippen LogP contribution in [0, 0.1) is 0 Å². The maximum Gasteiger partial charge on any atom is 0.242 e. The van der Waals surface area contributed by atoms with Gasteiger partial charge in [0.05, 0.1) is 4.90 Å². The first kappa shape index (κ1) is 18.3. The Labute approximate surface area is 151 Å². The third kappa shape index (κ3) is 3.88. The van der Waals surface area contributed by atoms with Gasteiger partial charge in [-0.1, -0.05) is 18.2 Å². The minimum Gasteiger partial charge on any atom is -0.399 e. The smallest absolute Gasteiger partial charge is 0.242 e. The zero-order chi connectivity index (χ0) is 15.7. The van der Waals surface area contributed by atoms with Crippen molar-refractivity contribution < 1.29 is 8.42 Å². The van der Waals surface area contributed by atoms with E-state index in [1.807, 2.05) is 18.2 Å². The van der Waals surface area contributed by atoms with Crippen molar-refractivity contribution in [3.05, 3.63) is 58.1 Å². The fourth-order valence-corrected chi connectivity index (χ4v) is 5.12. The number of benzene rings is 2. The average Bonchev–Trinajstić information content (AvgIpc) is 2.47. The van der Waals surface area contributed by atoms with Crippen LogP contribution in [-0.2, 0) is 16.4 Å². The molecule has 3 N–H and O–H groups in total. The topological polar surface area (TPSA) is 72.2 Å². The molecule has 0 heterocycles. The number of nitrogens with two attached hydrogens (primary N) is 1. The molecule has 124 valence electrons. The number of fused-ring (bicyclic) bond motifs is 1. The number of hydrogen-bond acceptors (Lipinski definition) is 3. The summed E-state index contributed by atoms with van der Waals surface area (Å²) in [4.78, 5) is 0.262. The number of sulfonamides is 1. The standard InChI is InChI=1S/C16H17BrN2O2S.ClH/c17-14-5-1-2-7-16(14)22(20,21)19-15-6-3-4-11-10-12(18)8-9-13(11)15;/h1-2,5,7-10,15,19H,3-4,6,18H2;1H. The van der Waals surface area contributed by atoms with Crippen LogP contribution in [0.1, 0.15) is 30.0 Å². The number of nitrogen functional groups attached to an aromatic ring is 1. The molecule has 0 fully saturated rings. The molecule has 0 radical (unpaired) electrons. The van der Waals surface area contributed by atoms with Gasteiger partial charge >= 0.3 is 0 Å². The van der Waals surface area contributed by atoms with E-state index >= 15 is 0 Å². The van der Waals surface area contributed by atoms with Crippen molar-refractivity contribution in [1.29, 1.82) is 0 Å². The first-order chi connectivity index (χ1) is 10.5. The second-order valence-electron chi connectivity index (χ2n) is 5.45. The highest BCUT2D eigenvalue weighted by Crippen LogP contribution is 2.33. The number of rotatable bonds is 3. The molecule has 4 nitrogen and oxygen atoms in total. The van der Waals surface area contributed by atoms with E-state index in [9.17, 15) is 8.42 Å². The van der Waals surface area contributed by atoms with E-state index in [0.29, 0.717) is 10.2 Å². The lowest BCUT2D eigenvalue weighted by molar-refractivity contribution is 0.507. The van der Waals surface area contributed by atoms with E-state index in [0.717, 1.165) is 30.4 Å². The Morgan fingerprint density at radius 1 is 1.17 bits per heavy atom. The number of aryl methyl sites for hydroxylation is 1. The van der Waals surface area contributed by atoms with Gasteiger partial charge in [0.2, 0.25) is 10.0 Å². The zero-order valence-corrected chi connectivity index (χ0v) is 15.5. The van der Waals surface area contributed by atoms with Gasteiger partial charge in [0.1, 0.15) is 0 Å². The first-order valence-electron chi connectivity index (χ1n) is 7.12. The zero-order valence-electron chi connectivity index (χ0n) is 12.3. The van der Waals surface area contributed by atoms with Crippen LogP contribution in [0.25, 0.3) is 0 Å². The van der Waals surface area contributed by atoms with Crippen LogP contribution < -0.4 is 10.5 Å². The van der Waals surface area contributed by atoms with Gasteiger partial charge < -0.3 is 5.73 Å². The second-order valence-corrected chi connectivity index (χ2v) is 7.99. The fraction of sp³-hybridized carbons (Fsp3) is 0.250. The van der Waals surface area contributed by atoms with Crippen LogP contribution in [0.5, 0.6) is 0 Å². The van der Waals surface area contributed by atoms with Crippen LogP contribution in [0.2, 0.25) is 0 Å². The first-order valence-corrected chi connectivity index (χ1v) is 9.40. The van der Waals surface area contributed by atoms with Crippen LogP contribution >= 0.6 is 28.3 Å². The largest absolute Gasteiger partial charge is 0.399 e. The Bertz CT molecular complexity index is 811. The molecule has 0 aliphatic heterocycles. The number of hydrogen-bond donors (Lipinski definition) is 2. The summed E-state index contributed by atoms with van der Waals surface area (Å²) in [6.45, 7) is 0. The fourth-order valence-electron chi connectivity index (χ4n) is 2.87. The summed E-state index contributed by atoms with van der Waals surface area (Å²) in [6, 6.07) is 12.3. The maximum absolute atomic E-state index is 12.6. The highest BCUT2D eigenvalue weighted by atomic mass is 79.9. The van der Waals surface area contributed by atoms with Crippen molar-refractivity contribution in [2.75, 3.05) is 5.73 Å². The van der Waals surface area contributed by atoms with Crippen molar-refractivity contribution in [3.8, 4) is 0 Å². The van der Waals surface area contributed by atoms with Crippen molar-refractivity contribution in [1.82, 2.24) is 4.72 Å². The molecule has 0 aromatic heterocycles. The molecule has 1 aliphatic carbocycles. The van der Waals surface area contributed by atoms with Crippen LogP contribution in [0.3, 0.4) is 0 Å². The Morgan fingerprint density at radius 2 is 1.91 bits per heavy atom. The van der Waals surface area contributed by atoms with Crippen LogP contribution in [0.15, 0.2) is 51.8 Å². The molecule has 3 rings (SSSR count). The molecule has 23 heavy (non-hydrogen) atoms. The predicted octanol–water partition coefficient (Wildman–Crippen LogP) is 3.81. The molecular formula is C16H18BrClN2O2S. The second kappa shape index (κ2) is 7.21. The number of halogens is 2. The third-order valence-electron chi connectivity index (χ3n) is 3.90. The van der Waals surface area contributed by atoms with E-state index in [-0.39, 0.29) is 23.3 Å². The third-order valence-corrected chi connectivity index (χ3v) is 6.39. The normalized spacial score (nSPS) is 17.2. The summed E-state index contributed by atoms with van der Waals surface area (Å²) < 4.78 is 28.7. The Morgan fingerprint density at radius 3 is 2.65 bits per heavy atom. The van der Waals surface area contributed by atoms with Gasteiger partial charge in [-0.05, 0) is 70.6 Å². The highest BCUT2D eigenvalue weighted by molar-refractivity contribution is 9.10. The highest BCUT2D eigenvalue weighted by Gasteiger charge is 2.26. The molecule has 0 bridgehead atoms. The summed E-state index contributed by atoms with van der Waals surface area (Å²) >= 11 is 3.30. The van der Waals surface area contributed by atoms with Crippen molar-refractivity contribution in [2.45, 2.75) is 30.2 Å². The van der Waals surface area contributed by atoms with Crippen LogP contribution in [0.4, 0.5) is 5.69 Å². The molecule has 2 aromatic carbocycles. The lowest BCUT2D eigenvalue weighted by atomic mass is 9.88. The molecule has 0 spiro atoms. The molecule has 1 aliphatic rings. The minimum absolute atomic E-state index is 0. The lowest BCUT2D eigenvalue weighted by Gasteiger charge is -2.26. The quantitative estimate of drug-likeness (QED) is 0.746. The van der Waals surface area contributed by atoms with E-state index < -0.39 is 10.0 Å². The summed E-state index contributed by atoms with van der Waals surface area (Å²) in [6.07, 6.45) is 2.67. The van der Waals surface area contributed by atoms with Crippen molar-refractivity contribution in [2.24, 2.45) is 0 Å². The van der Waals surface area contributed by atoms with Gasteiger partial charge in [0.15, 0.2) is 0 Å². The molecule has 1 atom stereocenters. The van der Waals surface area contributed by atoms with Crippen molar-refractivity contribution in [3.63, 3.8) is 0 Å². The molecule has 1 unspecified atom stereocenters. The molecule has 0 saturated heterocycles. The molecular weight excluding hydrogens is 400 g/mol. The Hall–Kier alpha value is -1.08. The molecule has 0 saturated carbocycles. The van der Waals surface area contributed by atoms with Gasteiger partial charge in [-0.15, -0.1) is 12.4 Å². The lowest BCUT2D eigenvalue weighted by Crippen LogP contribution is -2.31. The average molecular weight is 418 g/mol. The van der Waals surface area contributed by atoms with E-state index in [2.05, 4.69) is 20.7 Å². The van der Waals surface area contributed by atoms with Gasteiger partial charge in [0, 0.05) is 16.2 Å². The van der Waals surface area contributed by atoms with Gasteiger partial charge in [-0.25, -0.2) is 13.1 Å². The number of anilines is 1. The summed E-state index contributed by atoms with van der Waals surface area (Å²) in [7, 11) is -3.57. The predicted molar refractivity (Wildman–Crippen MR) is 98.2 cm³/mol. The molecule has 2 aromatic rings. The van der Waals surface area contributed by atoms with E-state index in [1.165, 1.54) is 0 Å². The molecule has 7 heteroatoms. The van der Waals surface area contributed by atoms with Crippen molar-refractivity contribution >= 4 is 44.0 Å². The van der Waals surface area contributed by atoms with Crippen LogP contribution in [-0.4, -0.2) is 8.42 Å². The molecule has 0 amide bonds. The van der Waals surface area contributed by atoms with E-state index in [1.54, 1.807) is 24.3 Å². The van der Waals surface area contributed by atoms with Gasteiger partial charge in [-0.3, -0.25) is 0 Å². The maximum atomic E-state index is 12.6. The monoisotopic (exact) mass is 416 g/mol. The summed E-state index contributed by atoms with van der Waals surface area (Å²) in [5, 5.41) is 0.